The third kappa shape index (κ3) is 2.03. The lowest BCUT2D eigenvalue weighted by atomic mass is 9.99. The zero-order chi connectivity index (χ0) is 20.6. The largest absolute Gasteiger partial charge is 0.289 e. The molecule has 0 saturated heterocycles. The molecule has 6 aromatic rings. The summed E-state index contributed by atoms with van der Waals surface area (Å²) in [6.07, 6.45) is 0. The van der Waals surface area contributed by atoms with Crippen LogP contribution in [0.2, 0.25) is 0 Å². The van der Waals surface area contributed by atoms with E-state index in [2.05, 4.69) is 4.98 Å². The van der Waals surface area contributed by atoms with Crippen molar-refractivity contribution in [3.05, 3.63) is 108 Å². The lowest BCUT2D eigenvalue weighted by Crippen LogP contribution is -2.15. The number of hydrogen-bond acceptors (Lipinski definition) is 5. The number of fused-ring (bicyclic) bond motifs is 5. The summed E-state index contributed by atoms with van der Waals surface area (Å²) in [5.74, 6) is 0. The molecule has 30 heavy (non-hydrogen) atoms. The van der Waals surface area contributed by atoms with Gasteiger partial charge in [-0.1, -0.05) is 48.5 Å². The van der Waals surface area contributed by atoms with Gasteiger partial charge in [0.2, 0.25) is 5.43 Å². The quantitative estimate of drug-likeness (QED) is 0.373. The molecule has 1 aromatic heterocycles. The summed E-state index contributed by atoms with van der Waals surface area (Å²) in [6.45, 7) is 0. The minimum atomic E-state index is -0.326. The molecule has 5 aromatic carbocycles. The van der Waals surface area contributed by atoms with Gasteiger partial charge in [-0.2, -0.15) is 0 Å². The number of pyridine rings is 1. The molecule has 5 heteroatoms. The van der Waals surface area contributed by atoms with Crippen molar-refractivity contribution in [1.29, 1.82) is 0 Å². The summed E-state index contributed by atoms with van der Waals surface area (Å²) in [4.78, 5) is 56.3. The van der Waals surface area contributed by atoms with Gasteiger partial charge in [0.25, 0.3) is 0 Å². The predicted octanol–water partition coefficient (Wildman–Crippen LogP) is 3.16. The minimum absolute atomic E-state index is 0.0705. The molecule has 0 aliphatic rings. The monoisotopic (exact) mass is 389 g/mol. The Morgan fingerprint density at radius 1 is 0.467 bits per heavy atom. The second-order valence-electron chi connectivity index (χ2n) is 7.38. The van der Waals surface area contributed by atoms with Crippen molar-refractivity contribution in [2.24, 2.45) is 0 Å². The molecule has 1 heterocycles. The van der Waals surface area contributed by atoms with Crippen LogP contribution in [-0.2, 0) is 0 Å². The van der Waals surface area contributed by atoms with E-state index < -0.39 is 0 Å². The second kappa shape index (κ2) is 5.64. The van der Waals surface area contributed by atoms with Gasteiger partial charge in [0.05, 0.1) is 10.9 Å². The van der Waals surface area contributed by atoms with Gasteiger partial charge in [-0.25, -0.2) is 4.98 Å². The zero-order valence-electron chi connectivity index (χ0n) is 15.4. The van der Waals surface area contributed by atoms with E-state index in [1.54, 1.807) is 66.7 Å². The van der Waals surface area contributed by atoms with Crippen molar-refractivity contribution in [3.63, 3.8) is 0 Å². The van der Waals surface area contributed by atoms with Crippen LogP contribution in [0.3, 0.4) is 0 Å². The highest BCUT2D eigenvalue weighted by Crippen LogP contribution is 2.23. The van der Waals surface area contributed by atoms with Crippen LogP contribution in [0, 0.1) is 0 Å². The Morgan fingerprint density at radius 3 is 1.47 bits per heavy atom. The molecule has 6 rings (SSSR count). The lowest BCUT2D eigenvalue weighted by molar-refractivity contribution is 1.48. The van der Waals surface area contributed by atoms with E-state index in [1.165, 1.54) is 0 Å². The number of rotatable bonds is 0. The molecule has 0 amide bonds. The van der Waals surface area contributed by atoms with Gasteiger partial charge in [-0.3, -0.25) is 19.2 Å². The molecule has 0 aliphatic heterocycles. The Bertz CT molecular complexity index is 1650. The number of aromatic nitrogens is 1. The molecule has 0 N–H and O–H groups in total. The van der Waals surface area contributed by atoms with E-state index in [9.17, 15) is 19.2 Å². The van der Waals surface area contributed by atoms with Crippen molar-refractivity contribution in [1.82, 2.24) is 4.98 Å². The molecule has 140 valence electrons. The Morgan fingerprint density at radius 2 is 0.900 bits per heavy atom. The smallest absolute Gasteiger partial charge is 0.212 e. The first-order valence-electron chi connectivity index (χ1n) is 9.40. The molecule has 0 bridgehead atoms. The molecular formula is C25H11NO4. The maximum absolute atomic E-state index is 13.0. The maximum atomic E-state index is 13.0. The van der Waals surface area contributed by atoms with E-state index in [-0.39, 0.29) is 43.4 Å². The fourth-order valence-corrected chi connectivity index (χ4v) is 4.26. The summed E-state index contributed by atoms with van der Waals surface area (Å²) in [6, 6.07) is 18.1. The van der Waals surface area contributed by atoms with Crippen LogP contribution in [0.1, 0.15) is 0 Å². The summed E-state index contributed by atoms with van der Waals surface area (Å²) >= 11 is 0. The highest BCUT2D eigenvalue weighted by atomic mass is 16.1. The Kier molecular flexibility index (Phi) is 3.14. The molecule has 5 nitrogen and oxygen atoms in total. The molecule has 0 aliphatic carbocycles. The van der Waals surface area contributed by atoms with Crippen LogP contribution >= 0.6 is 0 Å². The van der Waals surface area contributed by atoms with Crippen LogP contribution in [0.5, 0.6) is 0 Å². The van der Waals surface area contributed by atoms with E-state index >= 15 is 0 Å². The van der Waals surface area contributed by atoms with E-state index in [4.69, 9.17) is 0 Å². The summed E-state index contributed by atoms with van der Waals surface area (Å²) < 4.78 is 0. The first-order chi connectivity index (χ1) is 14.5. The fourth-order valence-electron chi connectivity index (χ4n) is 4.26. The van der Waals surface area contributed by atoms with Gasteiger partial charge >= 0.3 is 0 Å². The second-order valence-corrected chi connectivity index (χ2v) is 7.38. The third-order valence-electron chi connectivity index (χ3n) is 5.74. The van der Waals surface area contributed by atoms with Gasteiger partial charge in [0.15, 0.2) is 16.3 Å². The standard InChI is InChI=1S/C25H11NO4/c27-22-13-5-1-2-6-14(13)23(28)18-11-20-12(9-17(18)22)10-19-21(26-20)25(30)16-8-4-3-7-15(16)24(19)29/h1-11H. The van der Waals surface area contributed by atoms with Crippen LogP contribution in [-0.4, -0.2) is 4.98 Å². The highest BCUT2D eigenvalue weighted by Gasteiger charge is 2.15. The van der Waals surface area contributed by atoms with Crippen molar-refractivity contribution in [2.45, 2.75) is 0 Å². The maximum Gasteiger partial charge on any atom is 0.212 e. The van der Waals surface area contributed by atoms with Gasteiger partial charge < -0.3 is 0 Å². The summed E-state index contributed by atoms with van der Waals surface area (Å²) in [5, 5.41) is 2.66. The molecule has 0 atom stereocenters. The normalized spacial score (nSPS) is 11.9. The molecule has 0 spiro atoms. The topological polar surface area (TPSA) is 81.2 Å². The van der Waals surface area contributed by atoms with Crippen LogP contribution in [0.4, 0.5) is 0 Å². The predicted molar refractivity (Wildman–Crippen MR) is 119 cm³/mol. The Balaban J connectivity index is 1.87. The first-order valence-corrected chi connectivity index (χ1v) is 9.40. The molecule has 0 saturated carbocycles. The van der Waals surface area contributed by atoms with Gasteiger partial charge in [0.1, 0.15) is 5.52 Å². The Labute approximate surface area is 167 Å². The molecule has 0 fully saturated rings. The SMILES string of the molecule is O=c1c2ccccc2c(=O)c2cc3nc4c(=O)c5ccccc5c(=O)c4cc3cc12. The zero-order valence-corrected chi connectivity index (χ0v) is 15.4. The van der Waals surface area contributed by atoms with Crippen LogP contribution in [0.15, 0.2) is 85.9 Å². The first kappa shape index (κ1) is 16.7. The fraction of sp³-hybridized carbons (Fsp3) is 0. The van der Waals surface area contributed by atoms with Gasteiger partial charge in [-0.05, 0) is 18.2 Å². The molecule has 0 unspecified atom stereocenters. The van der Waals surface area contributed by atoms with Crippen molar-refractivity contribution >= 4 is 54.1 Å². The van der Waals surface area contributed by atoms with Crippen LogP contribution in [0.25, 0.3) is 54.1 Å². The molecular weight excluding hydrogens is 378 g/mol. The summed E-state index contributed by atoms with van der Waals surface area (Å²) in [5.41, 5.74) is -0.635. The van der Waals surface area contributed by atoms with Gasteiger partial charge in [0, 0.05) is 37.7 Å². The van der Waals surface area contributed by atoms with Crippen molar-refractivity contribution < 1.29 is 0 Å². The lowest BCUT2D eigenvalue weighted by Gasteiger charge is -2.06. The van der Waals surface area contributed by atoms with E-state index in [0.29, 0.717) is 32.4 Å². The van der Waals surface area contributed by atoms with E-state index in [1.807, 2.05) is 0 Å². The summed E-state index contributed by atoms with van der Waals surface area (Å²) in [7, 11) is 0. The van der Waals surface area contributed by atoms with Crippen molar-refractivity contribution in [2.75, 3.05) is 0 Å². The minimum Gasteiger partial charge on any atom is -0.289 e. The number of hydrogen-bond donors (Lipinski definition) is 0. The number of nitrogens with zero attached hydrogens (tertiary/aromatic N) is 1. The highest BCUT2D eigenvalue weighted by molar-refractivity contribution is 6.07. The average molecular weight is 389 g/mol. The van der Waals surface area contributed by atoms with Crippen molar-refractivity contribution in [3.8, 4) is 0 Å². The van der Waals surface area contributed by atoms with Crippen LogP contribution < -0.4 is 21.7 Å². The van der Waals surface area contributed by atoms with E-state index in [0.717, 1.165) is 0 Å². The Hall–Kier alpha value is -4.25. The average Bonchev–Trinajstić information content (AvgIpc) is 2.79. The third-order valence-corrected chi connectivity index (χ3v) is 5.74. The number of benzene rings is 5. The molecule has 0 radical (unpaired) electrons. The van der Waals surface area contributed by atoms with Gasteiger partial charge in [-0.15, -0.1) is 0 Å².